The number of esters is 1. The van der Waals surface area contributed by atoms with Crippen LogP contribution in [0.4, 0.5) is 0 Å². The molecule has 4 heteroatoms. The molecule has 0 radical (unpaired) electrons. The lowest BCUT2D eigenvalue weighted by Crippen LogP contribution is -2.30. The Labute approximate surface area is 103 Å². The van der Waals surface area contributed by atoms with Crippen LogP contribution in [0.5, 0.6) is 0 Å². The Morgan fingerprint density at radius 2 is 2.12 bits per heavy atom. The quantitative estimate of drug-likeness (QED) is 0.528. The van der Waals surface area contributed by atoms with Crippen LogP contribution in [0, 0.1) is 5.92 Å². The molecule has 0 aromatic carbocycles. The molecule has 0 bridgehead atoms. The Morgan fingerprint density at radius 1 is 1.35 bits per heavy atom. The molecule has 0 amide bonds. The third-order valence-corrected chi connectivity index (χ3v) is 3.07. The van der Waals surface area contributed by atoms with E-state index in [1.807, 2.05) is 6.92 Å². The Balaban J connectivity index is 2.44. The number of rotatable bonds is 6. The van der Waals surface area contributed by atoms with Crippen molar-refractivity contribution in [2.45, 2.75) is 52.1 Å². The van der Waals surface area contributed by atoms with Gasteiger partial charge in [-0.05, 0) is 32.6 Å². The molecule has 1 fully saturated rings. The van der Waals surface area contributed by atoms with Gasteiger partial charge in [0.2, 0.25) is 0 Å². The summed E-state index contributed by atoms with van der Waals surface area (Å²) in [6, 6.07) is 0. The SMILES string of the molecule is CCOC(=O)C(CC)C(=O)CC1CCCCO1. The maximum absolute atomic E-state index is 12.0. The van der Waals surface area contributed by atoms with Crippen LogP contribution in [0.15, 0.2) is 0 Å². The molecule has 0 aromatic heterocycles. The van der Waals surface area contributed by atoms with Gasteiger partial charge in [0.1, 0.15) is 11.7 Å². The molecule has 1 saturated heterocycles. The summed E-state index contributed by atoms with van der Waals surface area (Å²) in [5.41, 5.74) is 0. The molecule has 98 valence electrons. The van der Waals surface area contributed by atoms with Crippen LogP contribution in [0.1, 0.15) is 46.0 Å². The predicted molar refractivity (Wildman–Crippen MR) is 63.6 cm³/mol. The van der Waals surface area contributed by atoms with Gasteiger partial charge in [0.05, 0.1) is 12.7 Å². The highest BCUT2D eigenvalue weighted by atomic mass is 16.5. The Hall–Kier alpha value is -0.900. The molecule has 1 rings (SSSR count). The average Bonchev–Trinajstić information content (AvgIpc) is 2.31. The zero-order valence-corrected chi connectivity index (χ0v) is 10.7. The lowest BCUT2D eigenvalue weighted by Gasteiger charge is -2.23. The fourth-order valence-corrected chi connectivity index (χ4v) is 2.10. The first-order valence-electron chi connectivity index (χ1n) is 6.50. The van der Waals surface area contributed by atoms with Crippen molar-refractivity contribution in [1.29, 1.82) is 0 Å². The minimum absolute atomic E-state index is 0.000253. The van der Waals surface area contributed by atoms with Gasteiger partial charge in [-0.1, -0.05) is 6.92 Å². The predicted octanol–water partition coefficient (Wildman–Crippen LogP) is 2.10. The van der Waals surface area contributed by atoms with Crippen molar-refractivity contribution < 1.29 is 19.1 Å². The van der Waals surface area contributed by atoms with Gasteiger partial charge in [-0.3, -0.25) is 9.59 Å². The maximum atomic E-state index is 12.0. The van der Waals surface area contributed by atoms with E-state index in [9.17, 15) is 9.59 Å². The van der Waals surface area contributed by atoms with Crippen LogP contribution in [0.25, 0.3) is 0 Å². The number of carbonyl (C=O) groups excluding carboxylic acids is 2. The van der Waals surface area contributed by atoms with Gasteiger partial charge < -0.3 is 9.47 Å². The summed E-state index contributed by atoms with van der Waals surface area (Å²) in [5.74, 6) is -1.05. The molecule has 1 heterocycles. The van der Waals surface area contributed by atoms with Crippen LogP contribution >= 0.6 is 0 Å². The minimum atomic E-state index is -0.611. The summed E-state index contributed by atoms with van der Waals surface area (Å²) in [6.07, 6.45) is 3.94. The number of carbonyl (C=O) groups is 2. The maximum Gasteiger partial charge on any atom is 0.316 e. The Kier molecular flexibility index (Phi) is 6.19. The highest BCUT2D eigenvalue weighted by molar-refractivity contribution is 5.99. The molecule has 1 aliphatic heterocycles. The summed E-state index contributed by atoms with van der Waals surface area (Å²) in [5, 5.41) is 0. The van der Waals surface area contributed by atoms with Crippen molar-refractivity contribution in [2.24, 2.45) is 5.92 Å². The van der Waals surface area contributed by atoms with Gasteiger partial charge in [-0.2, -0.15) is 0 Å². The Morgan fingerprint density at radius 3 is 2.65 bits per heavy atom. The zero-order chi connectivity index (χ0) is 12.7. The summed E-state index contributed by atoms with van der Waals surface area (Å²) in [4.78, 5) is 23.6. The topological polar surface area (TPSA) is 52.6 Å². The van der Waals surface area contributed by atoms with E-state index in [1.54, 1.807) is 6.92 Å². The average molecular weight is 242 g/mol. The van der Waals surface area contributed by atoms with E-state index in [0.717, 1.165) is 25.9 Å². The van der Waals surface area contributed by atoms with Gasteiger partial charge >= 0.3 is 5.97 Å². The summed E-state index contributed by atoms with van der Waals surface area (Å²) >= 11 is 0. The molecule has 0 saturated carbocycles. The Bertz CT molecular complexity index is 256. The summed E-state index contributed by atoms with van der Waals surface area (Å²) < 4.78 is 10.4. The highest BCUT2D eigenvalue weighted by Crippen LogP contribution is 2.19. The van der Waals surface area contributed by atoms with Gasteiger partial charge in [0, 0.05) is 13.0 Å². The standard InChI is InChI=1S/C13H22O4/c1-3-11(13(15)16-4-2)12(14)9-10-7-5-6-8-17-10/h10-11H,3-9H2,1-2H3. The first kappa shape index (κ1) is 14.2. The van der Waals surface area contributed by atoms with Crippen LogP contribution in [0.3, 0.4) is 0 Å². The lowest BCUT2D eigenvalue weighted by molar-refractivity contribution is -0.152. The number of hydrogen-bond donors (Lipinski definition) is 0. The van der Waals surface area contributed by atoms with Crippen molar-refractivity contribution in [3.05, 3.63) is 0 Å². The van der Waals surface area contributed by atoms with E-state index in [-0.39, 0.29) is 11.9 Å². The third-order valence-electron chi connectivity index (χ3n) is 3.07. The molecule has 17 heavy (non-hydrogen) atoms. The largest absolute Gasteiger partial charge is 0.465 e. The van der Waals surface area contributed by atoms with Crippen molar-refractivity contribution in [3.8, 4) is 0 Å². The smallest absolute Gasteiger partial charge is 0.316 e. The number of hydrogen-bond acceptors (Lipinski definition) is 4. The number of Topliss-reactive ketones (excluding diaryl/α,β-unsaturated/α-hetero) is 1. The van der Waals surface area contributed by atoms with Crippen molar-refractivity contribution in [3.63, 3.8) is 0 Å². The van der Waals surface area contributed by atoms with Gasteiger partial charge in [-0.25, -0.2) is 0 Å². The zero-order valence-electron chi connectivity index (χ0n) is 10.7. The second kappa shape index (κ2) is 7.43. The van der Waals surface area contributed by atoms with Crippen molar-refractivity contribution >= 4 is 11.8 Å². The molecular weight excluding hydrogens is 220 g/mol. The molecule has 2 unspecified atom stereocenters. The lowest BCUT2D eigenvalue weighted by atomic mass is 9.94. The first-order chi connectivity index (χ1) is 8.19. The van der Waals surface area contributed by atoms with Crippen molar-refractivity contribution in [1.82, 2.24) is 0 Å². The van der Waals surface area contributed by atoms with Gasteiger partial charge in [0.15, 0.2) is 0 Å². The second-order valence-corrected chi connectivity index (χ2v) is 4.37. The van der Waals surface area contributed by atoms with E-state index >= 15 is 0 Å². The van der Waals surface area contributed by atoms with E-state index in [4.69, 9.17) is 9.47 Å². The van der Waals surface area contributed by atoms with Crippen molar-refractivity contribution in [2.75, 3.05) is 13.2 Å². The molecule has 0 aromatic rings. The first-order valence-corrected chi connectivity index (χ1v) is 6.50. The molecule has 0 spiro atoms. The third kappa shape index (κ3) is 4.46. The molecule has 1 aliphatic rings. The normalized spacial score (nSPS) is 21.9. The summed E-state index contributed by atoms with van der Waals surface area (Å²) in [6.45, 7) is 4.64. The van der Waals surface area contributed by atoms with E-state index < -0.39 is 11.9 Å². The minimum Gasteiger partial charge on any atom is -0.465 e. The summed E-state index contributed by atoms with van der Waals surface area (Å²) in [7, 11) is 0. The molecule has 0 aliphatic carbocycles. The van der Waals surface area contributed by atoms with Crippen LogP contribution in [0.2, 0.25) is 0 Å². The number of ketones is 1. The molecule has 0 N–H and O–H groups in total. The van der Waals surface area contributed by atoms with E-state index in [0.29, 0.717) is 19.4 Å². The highest BCUT2D eigenvalue weighted by Gasteiger charge is 2.28. The van der Waals surface area contributed by atoms with Crippen LogP contribution in [-0.2, 0) is 19.1 Å². The van der Waals surface area contributed by atoms with Crippen LogP contribution in [-0.4, -0.2) is 31.1 Å². The van der Waals surface area contributed by atoms with Gasteiger partial charge in [-0.15, -0.1) is 0 Å². The molecule has 4 nitrogen and oxygen atoms in total. The number of ether oxygens (including phenoxy) is 2. The van der Waals surface area contributed by atoms with Gasteiger partial charge in [0.25, 0.3) is 0 Å². The second-order valence-electron chi connectivity index (χ2n) is 4.37. The fraction of sp³-hybridized carbons (Fsp3) is 0.846. The van der Waals surface area contributed by atoms with Crippen LogP contribution < -0.4 is 0 Å². The molecular formula is C13H22O4. The molecule has 2 atom stereocenters. The fourth-order valence-electron chi connectivity index (χ4n) is 2.10. The van der Waals surface area contributed by atoms with E-state index in [2.05, 4.69) is 0 Å². The monoisotopic (exact) mass is 242 g/mol. The van der Waals surface area contributed by atoms with E-state index in [1.165, 1.54) is 0 Å².